The predicted octanol–water partition coefficient (Wildman–Crippen LogP) is 1.13. The van der Waals surface area contributed by atoms with E-state index in [0.29, 0.717) is 11.3 Å². The van der Waals surface area contributed by atoms with E-state index in [2.05, 4.69) is 23.9 Å². The van der Waals surface area contributed by atoms with Crippen LogP contribution < -0.4 is 9.96 Å². The molecule has 0 spiro atoms. The lowest BCUT2D eigenvalue weighted by Crippen LogP contribution is -2.99. The van der Waals surface area contributed by atoms with Gasteiger partial charge in [-0.05, 0) is 38.1 Å². The monoisotopic (exact) mass is 277 g/mol. The van der Waals surface area contributed by atoms with Gasteiger partial charge in [-0.2, -0.15) is 5.23 Å². The van der Waals surface area contributed by atoms with Crippen molar-refractivity contribution in [1.29, 1.82) is 0 Å². The lowest BCUT2D eigenvalue weighted by Gasteiger charge is -2.29. The Balaban J connectivity index is 2.29. The number of benzene rings is 1. The molecule has 0 aliphatic carbocycles. The highest BCUT2D eigenvalue weighted by molar-refractivity contribution is 5.94. The molecule has 0 bridgehead atoms. The van der Waals surface area contributed by atoms with Gasteiger partial charge in [0.1, 0.15) is 5.52 Å². The van der Waals surface area contributed by atoms with Gasteiger partial charge in [-0.1, -0.05) is 0 Å². The van der Waals surface area contributed by atoms with Gasteiger partial charge in [0.25, 0.3) is 0 Å². The highest BCUT2D eigenvalue weighted by Crippen LogP contribution is 2.38. The molecule has 2 atom stereocenters. The summed E-state index contributed by atoms with van der Waals surface area (Å²) in [6, 6.07) is 3.95. The van der Waals surface area contributed by atoms with E-state index in [1.165, 1.54) is 12.7 Å². The number of hydrogen-bond acceptors (Lipinski definition) is 4. The van der Waals surface area contributed by atoms with Crippen LogP contribution in [0.2, 0.25) is 0 Å². The molecule has 1 aromatic carbocycles. The van der Waals surface area contributed by atoms with Crippen molar-refractivity contribution in [2.45, 2.75) is 19.4 Å². The number of rotatable bonds is 2. The van der Waals surface area contributed by atoms with Gasteiger partial charge in [-0.3, -0.25) is 4.90 Å². The van der Waals surface area contributed by atoms with Crippen molar-refractivity contribution in [2.24, 2.45) is 0 Å². The van der Waals surface area contributed by atoms with Crippen molar-refractivity contribution < 1.29 is 15.2 Å². The molecule has 2 aromatic rings. The van der Waals surface area contributed by atoms with Gasteiger partial charge >= 0.3 is 0 Å². The molecule has 20 heavy (non-hydrogen) atoms. The van der Waals surface area contributed by atoms with Crippen LogP contribution in [0.15, 0.2) is 12.1 Å². The fraction of sp³-hybridized carbons (Fsp3) is 0.429. The summed E-state index contributed by atoms with van der Waals surface area (Å²) in [5, 5.41) is 21.0. The Morgan fingerprint density at radius 1 is 1.50 bits per heavy atom. The summed E-state index contributed by atoms with van der Waals surface area (Å²) < 4.78 is 5.18. The van der Waals surface area contributed by atoms with Crippen LogP contribution >= 0.6 is 0 Å². The number of aromatic amines is 1. The molecule has 0 saturated heterocycles. The molecule has 1 aliphatic heterocycles. The quantitative estimate of drug-likeness (QED) is 0.719. The minimum absolute atomic E-state index is 0.217. The third-order valence-corrected chi connectivity index (χ3v) is 4.30. The second-order valence-corrected chi connectivity index (χ2v) is 5.29. The molecular weight excluding hydrogens is 258 g/mol. The Labute approximate surface area is 117 Å². The lowest BCUT2D eigenvalue weighted by atomic mass is 9.98. The third-order valence-electron chi connectivity index (χ3n) is 4.30. The molecule has 0 fully saturated rings. The van der Waals surface area contributed by atoms with E-state index < -0.39 is 5.23 Å². The van der Waals surface area contributed by atoms with Crippen LogP contribution in [0.1, 0.15) is 24.2 Å². The summed E-state index contributed by atoms with van der Waals surface area (Å²) in [4.78, 5) is 5.58. The zero-order valence-corrected chi connectivity index (χ0v) is 11.9. The SMILES string of the molecule is COc1ccc2c3c([nH]c2c1[NH+]([O-])O)C(C)N(C)CC3. The topological polar surface area (TPSA) is 76.0 Å². The fourth-order valence-electron chi connectivity index (χ4n) is 3.03. The maximum atomic E-state index is 11.5. The highest BCUT2D eigenvalue weighted by Gasteiger charge is 2.28. The summed E-state index contributed by atoms with van der Waals surface area (Å²) in [7, 11) is 3.57. The van der Waals surface area contributed by atoms with Gasteiger partial charge in [0.15, 0.2) is 5.75 Å². The fourth-order valence-corrected chi connectivity index (χ4v) is 3.03. The Hall–Kier alpha value is -1.60. The van der Waals surface area contributed by atoms with Crippen molar-refractivity contribution in [1.82, 2.24) is 9.88 Å². The number of hydrogen-bond donors (Lipinski definition) is 3. The zero-order valence-electron chi connectivity index (χ0n) is 11.9. The number of H-pyrrole nitrogens is 1. The van der Waals surface area contributed by atoms with Gasteiger partial charge in [-0.25, -0.2) is 5.21 Å². The number of aromatic nitrogens is 1. The second-order valence-electron chi connectivity index (χ2n) is 5.29. The van der Waals surface area contributed by atoms with Gasteiger partial charge < -0.3 is 14.9 Å². The van der Waals surface area contributed by atoms with Crippen LogP contribution in [0.25, 0.3) is 10.9 Å². The summed E-state index contributed by atoms with van der Waals surface area (Å²) in [5.74, 6) is 0.393. The van der Waals surface area contributed by atoms with Gasteiger partial charge in [0, 0.05) is 23.7 Å². The van der Waals surface area contributed by atoms with Crippen LogP contribution in [0.4, 0.5) is 5.69 Å². The second kappa shape index (κ2) is 4.75. The summed E-state index contributed by atoms with van der Waals surface area (Å²) in [6.45, 7) is 3.11. The number of nitrogens with one attached hydrogen (secondary N) is 2. The standard InChI is InChI=1S/C14H19N3O3/c1-8-12-10(6-7-16(8)2)9-4-5-11(20-3)14(17(18)19)13(9)15-12/h4-5,8,15,17-18H,6-7H2,1-3H3. The molecule has 1 aliphatic rings. The molecule has 3 rings (SSSR count). The van der Waals surface area contributed by atoms with Crippen molar-refractivity contribution in [2.75, 3.05) is 20.7 Å². The molecule has 0 saturated carbocycles. The normalized spacial score (nSPS) is 20.9. The van der Waals surface area contributed by atoms with Crippen LogP contribution in [0.5, 0.6) is 5.75 Å². The average Bonchev–Trinajstić information content (AvgIpc) is 2.80. The first-order valence-electron chi connectivity index (χ1n) is 6.69. The largest absolute Gasteiger partial charge is 0.595 e. The number of fused-ring (bicyclic) bond motifs is 3. The van der Waals surface area contributed by atoms with Crippen molar-refractivity contribution >= 4 is 16.6 Å². The molecule has 6 nitrogen and oxygen atoms in total. The van der Waals surface area contributed by atoms with Gasteiger partial charge in [0.05, 0.1) is 7.11 Å². The van der Waals surface area contributed by atoms with Crippen LogP contribution in [-0.4, -0.2) is 35.8 Å². The summed E-state index contributed by atoms with van der Waals surface area (Å²) >= 11 is 0. The first-order chi connectivity index (χ1) is 9.54. The molecule has 2 unspecified atom stereocenters. The smallest absolute Gasteiger partial charge is 0.230 e. The predicted molar refractivity (Wildman–Crippen MR) is 75.4 cm³/mol. The highest BCUT2D eigenvalue weighted by atomic mass is 16.8. The summed E-state index contributed by atoms with van der Waals surface area (Å²) in [5.41, 5.74) is 3.23. The Morgan fingerprint density at radius 3 is 2.90 bits per heavy atom. The van der Waals surface area contributed by atoms with Crippen molar-refractivity contribution in [3.05, 3.63) is 28.6 Å². The van der Waals surface area contributed by atoms with E-state index in [0.717, 1.165) is 24.0 Å². The van der Waals surface area contributed by atoms with E-state index in [1.54, 1.807) is 6.07 Å². The molecule has 6 heteroatoms. The average molecular weight is 277 g/mol. The van der Waals surface area contributed by atoms with Crippen LogP contribution in [0, 0.1) is 5.21 Å². The van der Waals surface area contributed by atoms with Gasteiger partial charge in [-0.15, -0.1) is 0 Å². The van der Waals surface area contributed by atoms with E-state index in [-0.39, 0.29) is 11.7 Å². The number of ether oxygens (including phenoxy) is 1. The molecule has 108 valence electrons. The molecule has 2 heterocycles. The molecule has 1 aromatic heterocycles. The number of nitrogens with zero attached hydrogens (tertiary/aromatic N) is 1. The molecular formula is C14H19N3O3. The third kappa shape index (κ3) is 1.81. The number of likely N-dealkylation sites (N-methyl/N-ethyl adjacent to an activating group) is 1. The van der Waals surface area contributed by atoms with Crippen LogP contribution in [0.3, 0.4) is 0 Å². The lowest BCUT2D eigenvalue weighted by molar-refractivity contribution is -0.990. The molecule has 0 radical (unpaired) electrons. The zero-order chi connectivity index (χ0) is 14.4. The van der Waals surface area contributed by atoms with Crippen LogP contribution in [-0.2, 0) is 6.42 Å². The van der Waals surface area contributed by atoms with E-state index in [1.807, 2.05) is 6.07 Å². The first kappa shape index (κ1) is 13.4. The van der Waals surface area contributed by atoms with E-state index in [4.69, 9.17) is 4.74 Å². The van der Waals surface area contributed by atoms with Crippen molar-refractivity contribution in [3.63, 3.8) is 0 Å². The van der Waals surface area contributed by atoms with Crippen molar-refractivity contribution in [3.8, 4) is 5.75 Å². The minimum atomic E-state index is -0.966. The Bertz CT molecular complexity index is 651. The number of methoxy groups -OCH3 is 1. The first-order valence-corrected chi connectivity index (χ1v) is 6.69. The number of quaternary nitrogens is 1. The maximum Gasteiger partial charge on any atom is 0.230 e. The Kier molecular flexibility index (Phi) is 3.18. The van der Waals surface area contributed by atoms with E-state index >= 15 is 0 Å². The minimum Gasteiger partial charge on any atom is -0.595 e. The summed E-state index contributed by atoms with van der Waals surface area (Å²) in [6.07, 6.45) is 0.932. The molecule has 3 N–H and O–H groups in total. The Morgan fingerprint density at radius 2 is 2.25 bits per heavy atom. The molecule has 0 amide bonds. The van der Waals surface area contributed by atoms with Gasteiger partial charge in [0.2, 0.25) is 5.69 Å². The van der Waals surface area contributed by atoms with E-state index in [9.17, 15) is 10.4 Å². The maximum absolute atomic E-state index is 11.5.